The van der Waals surface area contributed by atoms with Crippen LogP contribution >= 0.6 is 0 Å². The van der Waals surface area contributed by atoms with Gasteiger partial charge in [0.05, 0.1) is 6.54 Å². The lowest BCUT2D eigenvalue weighted by Gasteiger charge is -2.24. The highest BCUT2D eigenvalue weighted by Crippen LogP contribution is 2.22. The molecule has 2 saturated heterocycles. The molecule has 3 heterocycles. The molecule has 1 aromatic rings. The van der Waals surface area contributed by atoms with Gasteiger partial charge in [0.15, 0.2) is 0 Å². The molecule has 2 aliphatic heterocycles. The van der Waals surface area contributed by atoms with Crippen LogP contribution in [0, 0.1) is 0 Å². The SMILES string of the molecule is CCc1ccc(CN2CCCN3CCC[C@H]3C2)o1. The molecule has 1 aromatic heterocycles. The van der Waals surface area contributed by atoms with Gasteiger partial charge in [-0.25, -0.2) is 0 Å². The van der Waals surface area contributed by atoms with Gasteiger partial charge in [0.25, 0.3) is 0 Å². The third-order valence-corrected chi connectivity index (χ3v) is 4.33. The zero-order valence-electron chi connectivity index (χ0n) is 11.4. The van der Waals surface area contributed by atoms with Crippen molar-refractivity contribution in [3.63, 3.8) is 0 Å². The van der Waals surface area contributed by atoms with Crippen molar-refractivity contribution < 1.29 is 4.42 Å². The number of fused-ring (bicyclic) bond motifs is 1. The Labute approximate surface area is 110 Å². The number of aryl methyl sites for hydroxylation is 1. The predicted octanol–water partition coefficient (Wildman–Crippen LogP) is 2.51. The van der Waals surface area contributed by atoms with Crippen molar-refractivity contribution in [1.29, 1.82) is 0 Å². The molecule has 0 N–H and O–H groups in total. The lowest BCUT2D eigenvalue weighted by atomic mass is 10.2. The van der Waals surface area contributed by atoms with Crippen molar-refractivity contribution in [1.82, 2.24) is 9.80 Å². The number of rotatable bonds is 3. The number of nitrogens with zero attached hydrogens (tertiary/aromatic N) is 2. The molecular formula is C15H24N2O. The van der Waals surface area contributed by atoms with Crippen molar-refractivity contribution >= 4 is 0 Å². The summed E-state index contributed by atoms with van der Waals surface area (Å²) in [5.74, 6) is 2.25. The monoisotopic (exact) mass is 248 g/mol. The fraction of sp³-hybridized carbons (Fsp3) is 0.733. The molecule has 3 heteroatoms. The Kier molecular flexibility index (Phi) is 3.71. The summed E-state index contributed by atoms with van der Waals surface area (Å²) >= 11 is 0. The highest BCUT2D eigenvalue weighted by atomic mass is 16.3. The van der Waals surface area contributed by atoms with E-state index < -0.39 is 0 Å². The topological polar surface area (TPSA) is 19.6 Å². The van der Waals surface area contributed by atoms with Crippen molar-refractivity contribution in [2.24, 2.45) is 0 Å². The first kappa shape index (κ1) is 12.2. The minimum atomic E-state index is 0.799. The van der Waals surface area contributed by atoms with Crippen molar-refractivity contribution in [2.75, 3.05) is 26.2 Å². The lowest BCUT2D eigenvalue weighted by Crippen LogP contribution is -2.36. The molecule has 0 spiro atoms. The fourth-order valence-corrected chi connectivity index (χ4v) is 3.34. The van der Waals surface area contributed by atoms with E-state index in [1.807, 2.05) is 0 Å². The molecule has 0 unspecified atom stereocenters. The minimum absolute atomic E-state index is 0.799. The standard InChI is InChI=1S/C15H24N2O/c1-2-14-6-7-15(18-14)12-16-8-4-10-17-9-3-5-13(17)11-16/h6-7,13H,2-5,8-12H2,1H3/t13-/m0/s1. The van der Waals surface area contributed by atoms with Crippen LogP contribution in [0.1, 0.15) is 37.7 Å². The molecule has 0 aromatic carbocycles. The van der Waals surface area contributed by atoms with Crippen LogP contribution in [-0.4, -0.2) is 42.0 Å². The van der Waals surface area contributed by atoms with E-state index in [1.54, 1.807) is 0 Å². The van der Waals surface area contributed by atoms with Crippen LogP contribution in [0.2, 0.25) is 0 Å². The van der Waals surface area contributed by atoms with Gasteiger partial charge in [-0.15, -0.1) is 0 Å². The van der Waals surface area contributed by atoms with Crippen molar-refractivity contribution in [2.45, 2.75) is 45.2 Å². The van der Waals surface area contributed by atoms with Gasteiger partial charge in [-0.1, -0.05) is 6.92 Å². The summed E-state index contributed by atoms with van der Waals surface area (Å²) in [6, 6.07) is 5.07. The Balaban J connectivity index is 1.61. The summed E-state index contributed by atoms with van der Waals surface area (Å²) in [5, 5.41) is 0. The summed E-state index contributed by atoms with van der Waals surface area (Å²) in [5.41, 5.74) is 0. The maximum absolute atomic E-state index is 5.83. The van der Waals surface area contributed by atoms with Crippen LogP contribution in [0.3, 0.4) is 0 Å². The Bertz CT molecular complexity index is 388. The molecule has 0 radical (unpaired) electrons. The van der Waals surface area contributed by atoms with E-state index in [1.165, 1.54) is 45.4 Å². The second kappa shape index (κ2) is 5.45. The van der Waals surface area contributed by atoms with E-state index in [-0.39, 0.29) is 0 Å². The molecule has 0 aliphatic carbocycles. The Morgan fingerprint density at radius 2 is 2.00 bits per heavy atom. The normalized spacial score (nSPS) is 26.2. The largest absolute Gasteiger partial charge is 0.465 e. The molecule has 1 atom stereocenters. The fourth-order valence-electron chi connectivity index (χ4n) is 3.34. The van der Waals surface area contributed by atoms with E-state index in [0.717, 1.165) is 30.5 Å². The first-order valence-electron chi connectivity index (χ1n) is 7.39. The molecule has 2 aliphatic rings. The molecular weight excluding hydrogens is 224 g/mol. The Morgan fingerprint density at radius 3 is 2.83 bits per heavy atom. The summed E-state index contributed by atoms with van der Waals surface area (Å²) in [6.07, 6.45) is 5.07. The van der Waals surface area contributed by atoms with Crippen LogP contribution in [0.25, 0.3) is 0 Å². The van der Waals surface area contributed by atoms with Crippen molar-refractivity contribution in [3.8, 4) is 0 Å². The summed E-state index contributed by atoms with van der Waals surface area (Å²) in [4.78, 5) is 5.26. The summed E-state index contributed by atoms with van der Waals surface area (Å²) in [6.45, 7) is 8.19. The van der Waals surface area contributed by atoms with Gasteiger partial charge in [-0.2, -0.15) is 0 Å². The molecule has 2 fully saturated rings. The number of furan rings is 1. The molecule has 18 heavy (non-hydrogen) atoms. The highest BCUT2D eigenvalue weighted by Gasteiger charge is 2.28. The average Bonchev–Trinajstić information content (AvgIpc) is 2.96. The van der Waals surface area contributed by atoms with Gasteiger partial charge in [-0.3, -0.25) is 9.80 Å². The first-order chi connectivity index (χ1) is 8.85. The zero-order chi connectivity index (χ0) is 12.4. The number of hydrogen-bond acceptors (Lipinski definition) is 3. The second-order valence-electron chi connectivity index (χ2n) is 5.64. The quantitative estimate of drug-likeness (QED) is 0.819. The van der Waals surface area contributed by atoms with Crippen LogP contribution in [0.4, 0.5) is 0 Å². The van der Waals surface area contributed by atoms with Crippen LogP contribution in [0.5, 0.6) is 0 Å². The molecule has 0 amide bonds. The molecule has 0 bridgehead atoms. The third-order valence-electron chi connectivity index (χ3n) is 4.33. The summed E-state index contributed by atoms with van der Waals surface area (Å²) in [7, 11) is 0. The number of hydrogen-bond donors (Lipinski definition) is 0. The van der Waals surface area contributed by atoms with Crippen molar-refractivity contribution in [3.05, 3.63) is 23.7 Å². The predicted molar refractivity (Wildman–Crippen MR) is 72.6 cm³/mol. The van der Waals surface area contributed by atoms with Gasteiger partial charge in [0.1, 0.15) is 11.5 Å². The lowest BCUT2D eigenvalue weighted by molar-refractivity contribution is 0.204. The van der Waals surface area contributed by atoms with Gasteiger partial charge < -0.3 is 4.42 Å². The van der Waals surface area contributed by atoms with E-state index in [4.69, 9.17) is 4.42 Å². The van der Waals surface area contributed by atoms with Gasteiger partial charge >= 0.3 is 0 Å². The Hall–Kier alpha value is -0.800. The maximum atomic E-state index is 5.83. The van der Waals surface area contributed by atoms with E-state index in [2.05, 4.69) is 28.9 Å². The molecule has 3 nitrogen and oxygen atoms in total. The van der Waals surface area contributed by atoms with Gasteiger partial charge in [-0.05, 0) is 51.0 Å². The van der Waals surface area contributed by atoms with E-state index >= 15 is 0 Å². The molecule has 3 rings (SSSR count). The van der Waals surface area contributed by atoms with E-state index in [0.29, 0.717) is 0 Å². The third kappa shape index (κ3) is 2.62. The average molecular weight is 248 g/mol. The zero-order valence-corrected chi connectivity index (χ0v) is 11.4. The van der Waals surface area contributed by atoms with Gasteiger partial charge in [0.2, 0.25) is 0 Å². The van der Waals surface area contributed by atoms with E-state index in [9.17, 15) is 0 Å². The molecule has 100 valence electrons. The Morgan fingerprint density at radius 1 is 1.17 bits per heavy atom. The minimum Gasteiger partial charge on any atom is -0.465 e. The first-order valence-corrected chi connectivity index (χ1v) is 7.39. The molecule has 0 saturated carbocycles. The highest BCUT2D eigenvalue weighted by molar-refractivity contribution is 5.07. The van der Waals surface area contributed by atoms with Crippen LogP contribution in [0.15, 0.2) is 16.5 Å². The van der Waals surface area contributed by atoms with Crippen LogP contribution in [-0.2, 0) is 13.0 Å². The van der Waals surface area contributed by atoms with Crippen LogP contribution < -0.4 is 0 Å². The second-order valence-corrected chi connectivity index (χ2v) is 5.64. The van der Waals surface area contributed by atoms with Gasteiger partial charge in [0, 0.05) is 19.0 Å². The smallest absolute Gasteiger partial charge is 0.118 e. The maximum Gasteiger partial charge on any atom is 0.118 e. The summed E-state index contributed by atoms with van der Waals surface area (Å²) < 4.78 is 5.83.